The van der Waals surface area contributed by atoms with E-state index in [1.54, 1.807) is 0 Å². The first-order valence-electron chi connectivity index (χ1n) is 8.57. The summed E-state index contributed by atoms with van der Waals surface area (Å²) in [6.45, 7) is 1.97. The zero-order chi connectivity index (χ0) is 18.9. The van der Waals surface area contributed by atoms with Gasteiger partial charge in [-0.05, 0) is 49.8 Å². The number of carbonyl (C=O) groups excluding carboxylic acids is 1. The second kappa shape index (κ2) is 7.46. The van der Waals surface area contributed by atoms with Gasteiger partial charge in [0, 0.05) is 16.7 Å². The van der Waals surface area contributed by atoms with Gasteiger partial charge in [0.25, 0.3) is 0 Å². The summed E-state index contributed by atoms with van der Waals surface area (Å²) in [7, 11) is -3.14. The minimum absolute atomic E-state index is 0.0900. The van der Waals surface area contributed by atoms with E-state index in [-0.39, 0.29) is 12.2 Å². The standard InChI is InChI=1S/C18H23N3O3S2/c1-11-16(14-7-6-12-4-3-5-13(12)10-14)20-18(25-11)21-17(22)15(19)8-9-26(2,23)24/h6-7,10,15H,3-5,8-9,19H2,1-2H3,(H,20,21,22). The van der Waals surface area contributed by atoms with E-state index in [0.717, 1.165) is 35.2 Å². The van der Waals surface area contributed by atoms with Gasteiger partial charge in [0.15, 0.2) is 5.13 Å². The van der Waals surface area contributed by atoms with Gasteiger partial charge in [0.05, 0.1) is 17.5 Å². The molecule has 1 atom stereocenters. The van der Waals surface area contributed by atoms with Gasteiger partial charge in [0.2, 0.25) is 5.91 Å². The maximum Gasteiger partial charge on any atom is 0.243 e. The van der Waals surface area contributed by atoms with Crippen molar-refractivity contribution < 1.29 is 13.2 Å². The van der Waals surface area contributed by atoms with Crippen LogP contribution in [0, 0.1) is 6.92 Å². The van der Waals surface area contributed by atoms with E-state index in [1.165, 1.54) is 28.9 Å². The predicted molar refractivity (Wildman–Crippen MR) is 105 cm³/mol. The van der Waals surface area contributed by atoms with Gasteiger partial charge in [-0.25, -0.2) is 13.4 Å². The highest BCUT2D eigenvalue weighted by Gasteiger charge is 2.19. The number of carbonyl (C=O) groups is 1. The molecular formula is C18H23N3O3S2. The summed E-state index contributed by atoms with van der Waals surface area (Å²) in [5.41, 5.74) is 10.5. The van der Waals surface area contributed by atoms with Gasteiger partial charge in [0.1, 0.15) is 9.84 Å². The van der Waals surface area contributed by atoms with E-state index in [4.69, 9.17) is 5.73 Å². The third-order valence-electron chi connectivity index (χ3n) is 4.54. The molecule has 1 aromatic heterocycles. The molecule has 1 unspecified atom stereocenters. The van der Waals surface area contributed by atoms with E-state index in [2.05, 4.69) is 28.5 Å². The SMILES string of the molecule is Cc1sc(NC(=O)C(N)CCS(C)(=O)=O)nc1-c1ccc2c(c1)CCC2. The van der Waals surface area contributed by atoms with Gasteiger partial charge < -0.3 is 11.1 Å². The average molecular weight is 394 g/mol. The molecule has 0 radical (unpaired) electrons. The topological polar surface area (TPSA) is 102 Å². The fourth-order valence-corrected chi connectivity index (χ4v) is 4.63. The number of aromatic nitrogens is 1. The molecule has 0 fully saturated rings. The maximum absolute atomic E-state index is 12.2. The van der Waals surface area contributed by atoms with Crippen LogP contribution in [-0.2, 0) is 27.5 Å². The van der Waals surface area contributed by atoms with E-state index in [0.29, 0.717) is 5.13 Å². The normalized spacial score (nSPS) is 14.9. The van der Waals surface area contributed by atoms with Crippen LogP contribution in [0.15, 0.2) is 18.2 Å². The van der Waals surface area contributed by atoms with Crippen LogP contribution in [0.2, 0.25) is 0 Å². The number of benzene rings is 1. The zero-order valence-electron chi connectivity index (χ0n) is 14.9. The Labute approximate surface area is 157 Å². The van der Waals surface area contributed by atoms with Crippen LogP contribution in [0.4, 0.5) is 5.13 Å². The lowest BCUT2D eigenvalue weighted by atomic mass is 10.0. The van der Waals surface area contributed by atoms with Gasteiger partial charge in [-0.1, -0.05) is 12.1 Å². The highest BCUT2D eigenvalue weighted by Crippen LogP contribution is 2.33. The summed E-state index contributed by atoms with van der Waals surface area (Å²) in [6.07, 6.45) is 4.66. The summed E-state index contributed by atoms with van der Waals surface area (Å²) < 4.78 is 22.4. The summed E-state index contributed by atoms with van der Waals surface area (Å²) in [4.78, 5) is 17.7. The highest BCUT2D eigenvalue weighted by molar-refractivity contribution is 7.90. The number of rotatable bonds is 6. The first-order valence-corrected chi connectivity index (χ1v) is 11.4. The molecule has 140 valence electrons. The number of sulfone groups is 1. The van der Waals surface area contributed by atoms with Crippen molar-refractivity contribution in [3.63, 3.8) is 0 Å². The van der Waals surface area contributed by atoms with Crippen molar-refractivity contribution in [3.8, 4) is 11.3 Å². The molecule has 0 saturated carbocycles. The van der Waals surface area contributed by atoms with E-state index in [9.17, 15) is 13.2 Å². The van der Waals surface area contributed by atoms with Gasteiger partial charge in [-0.3, -0.25) is 4.79 Å². The lowest BCUT2D eigenvalue weighted by Crippen LogP contribution is -2.37. The molecule has 0 spiro atoms. The number of nitrogens with zero attached hydrogens (tertiary/aromatic N) is 1. The number of amides is 1. The third kappa shape index (κ3) is 4.49. The maximum atomic E-state index is 12.2. The molecule has 1 aromatic carbocycles. The lowest BCUT2D eigenvalue weighted by molar-refractivity contribution is -0.117. The minimum atomic E-state index is -3.14. The summed E-state index contributed by atoms with van der Waals surface area (Å²) in [5.74, 6) is -0.526. The molecule has 3 N–H and O–H groups in total. The molecule has 2 aromatic rings. The molecular weight excluding hydrogens is 370 g/mol. The molecule has 26 heavy (non-hydrogen) atoms. The number of thiazole rings is 1. The second-order valence-electron chi connectivity index (χ2n) is 6.78. The smallest absolute Gasteiger partial charge is 0.243 e. The number of fused-ring (bicyclic) bond motifs is 1. The van der Waals surface area contributed by atoms with Crippen LogP contribution < -0.4 is 11.1 Å². The predicted octanol–water partition coefficient (Wildman–Crippen LogP) is 2.31. The molecule has 1 heterocycles. The van der Waals surface area contributed by atoms with Gasteiger partial charge in [-0.2, -0.15) is 0 Å². The Morgan fingerprint density at radius 1 is 1.35 bits per heavy atom. The zero-order valence-corrected chi connectivity index (χ0v) is 16.5. The van der Waals surface area contributed by atoms with Crippen LogP contribution in [0.25, 0.3) is 11.3 Å². The number of anilines is 1. The van der Waals surface area contributed by atoms with Crippen molar-refractivity contribution >= 4 is 32.2 Å². The Balaban J connectivity index is 1.71. The monoisotopic (exact) mass is 393 g/mol. The van der Waals surface area contributed by atoms with E-state index < -0.39 is 21.8 Å². The van der Waals surface area contributed by atoms with Crippen molar-refractivity contribution in [2.75, 3.05) is 17.3 Å². The molecule has 6 nitrogen and oxygen atoms in total. The van der Waals surface area contributed by atoms with Crippen molar-refractivity contribution in [3.05, 3.63) is 34.2 Å². The lowest BCUT2D eigenvalue weighted by Gasteiger charge is -2.09. The Kier molecular flexibility index (Phi) is 5.45. The molecule has 8 heteroatoms. The third-order valence-corrected chi connectivity index (χ3v) is 6.40. The Morgan fingerprint density at radius 3 is 2.81 bits per heavy atom. The van der Waals surface area contributed by atoms with Crippen molar-refractivity contribution in [1.29, 1.82) is 0 Å². The Hall–Kier alpha value is -1.77. The first kappa shape index (κ1) is 19.0. The van der Waals surface area contributed by atoms with Crippen LogP contribution in [0.3, 0.4) is 0 Å². The average Bonchev–Trinajstić information content (AvgIpc) is 3.17. The number of nitrogens with one attached hydrogen (secondary N) is 1. The molecule has 1 amide bonds. The number of aryl methyl sites for hydroxylation is 3. The summed E-state index contributed by atoms with van der Waals surface area (Å²) in [5, 5.41) is 3.19. The van der Waals surface area contributed by atoms with Crippen LogP contribution in [0.5, 0.6) is 0 Å². The summed E-state index contributed by atoms with van der Waals surface area (Å²) in [6, 6.07) is 5.55. The fourth-order valence-electron chi connectivity index (χ4n) is 3.11. The molecule has 3 rings (SSSR count). The van der Waals surface area contributed by atoms with Crippen LogP contribution in [-0.4, -0.2) is 37.4 Å². The minimum Gasteiger partial charge on any atom is -0.320 e. The molecule has 0 bridgehead atoms. The quantitative estimate of drug-likeness (QED) is 0.784. The molecule has 0 saturated heterocycles. The van der Waals surface area contributed by atoms with E-state index in [1.807, 2.05) is 6.92 Å². The molecule has 1 aliphatic rings. The van der Waals surface area contributed by atoms with E-state index >= 15 is 0 Å². The number of hydrogen-bond donors (Lipinski definition) is 2. The van der Waals surface area contributed by atoms with Crippen molar-refractivity contribution in [1.82, 2.24) is 4.98 Å². The number of hydrogen-bond acceptors (Lipinski definition) is 6. The Bertz CT molecular complexity index is 935. The largest absolute Gasteiger partial charge is 0.320 e. The van der Waals surface area contributed by atoms with Crippen molar-refractivity contribution in [2.24, 2.45) is 5.73 Å². The number of nitrogens with two attached hydrogens (primary N) is 1. The van der Waals surface area contributed by atoms with Gasteiger partial charge >= 0.3 is 0 Å². The Morgan fingerprint density at radius 2 is 2.08 bits per heavy atom. The first-order chi connectivity index (χ1) is 12.2. The van der Waals surface area contributed by atoms with Crippen LogP contribution >= 0.6 is 11.3 Å². The van der Waals surface area contributed by atoms with Crippen LogP contribution in [0.1, 0.15) is 28.8 Å². The second-order valence-corrected chi connectivity index (χ2v) is 10.2. The van der Waals surface area contributed by atoms with Crippen molar-refractivity contribution in [2.45, 2.75) is 38.6 Å². The highest BCUT2D eigenvalue weighted by atomic mass is 32.2. The molecule has 0 aliphatic heterocycles. The van der Waals surface area contributed by atoms with Gasteiger partial charge in [-0.15, -0.1) is 11.3 Å². The molecule has 1 aliphatic carbocycles. The summed E-state index contributed by atoms with van der Waals surface area (Å²) >= 11 is 1.39. The fraction of sp³-hybridized carbons (Fsp3) is 0.444.